The third-order valence-electron chi connectivity index (χ3n) is 4.83. The maximum Gasteiger partial charge on any atom is 0.253 e. The van der Waals surface area contributed by atoms with Crippen LogP contribution in [0.4, 0.5) is 0 Å². The lowest BCUT2D eigenvalue weighted by Gasteiger charge is -2.36. The number of nitrogens with zero attached hydrogens (tertiary/aromatic N) is 4. The van der Waals surface area contributed by atoms with Gasteiger partial charge in [-0.3, -0.25) is 14.8 Å². The van der Waals surface area contributed by atoms with E-state index in [0.29, 0.717) is 11.4 Å². The predicted molar refractivity (Wildman–Crippen MR) is 102 cm³/mol. The molecule has 27 heavy (non-hydrogen) atoms. The van der Waals surface area contributed by atoms with Crippen molar-refractivity contribution in [2.75, 3.05) is 0 Å². The van der Waals surface area contributed by atoms with Crippen molar-refractivity contribution in [3.05, 3.63) is 72.1 Å². The quantitative estimate of drug-likeness (QED) is 0.775. The summed E-state index contributed by atoms with van der Waals surface area (Å²) >= 11 is 0. The van der Waals surface area contributed by atoms with E-state index in [4.69, 9.17) is 4.98 Å². The third-order valence-corrected chi connectivity index (χ3v) is 4.83. The minimum absolute atomic E-state index is 0.0282. The largest absolute Gasteiger partial charge is 0.345 e. The number of amides is 1. The molecule has 1 aliphatic carbocycles. The average molecular weight is 359 g/mol. The van der Waals surface area contributed by atoms with Gasteiger partial charge in [0.25, 0.3) is 5.91 Å². The van der Waals surface area contributed by atoms with Gasteiger partial charge in [-0.15, -0.1) is 0 Å². The third kappa shape index (κ3) is 3.69. The van der Waals surface area contributed by atoms with Crippen LogP contribution in [0.3, 0.4) is 0 Å². The summed E-state index contributed by atoms with van der Waals surface area (Å²) in [6, 6.07) is 7.22. The van der Waals surface area contributed by atoms with Crippen LogP contribution in [0, 0.1) is 5.41 Å². The molecule has 0 saturated carbocycles. The summed E-state index contributed by atoms with van der Waals surface area (Å²) in [6.45, 7) is 4.40. The highest BCUT2D eigenvalue weighted by Crippen LogP contribution is 2.40. The van der Waals surface area contributed by atoms with Crippen molar-refractivity contribution in [1.29, 1.82) is 0 Å². The molecule has 0 spiro atoms. The Morgan fingerprint density at radius 3 is 2.59 bits per heavy atom. The van der Waals surface area contributed by atoms with E-state index in [1.165, 1.54) is 0 Å². The smallest absolute Gasteiger partial charge is 0.253 e. The van der Waals surface area contributed by atoms with Gasteiger partial charge in [0, 0.05) is 42.1 Å². The van der Waals surface area contributed by atoms with Gasteiger partial charge in [-0.25, -0.2) is 9.97 Å². The molecule has 0 saturated heterocycles. The van der Waals surface area contributed by atoms with E-state index in [-0.39, 0.29) is 17.4 Å². The van der Waals surface area contributed by atoms with Crippen LogP contribution in [0.1, 0.15) is 47.9 Å². The first-order valence-electron chi connectivity index (χ1n) is 8.99. The Bertz CT molecular complexity index is 957. The van der Waals surface area contributed by atoms with Crippen LogP contribution in [0.25, 0.3) is 11.4 Å². The maximum atomic E-state index is 12.6. The minimum atomic E-state index is -0.131. The number of hydrogen-bond acceptors (Lipinski definition) is 5. The Hall–Kier alpha value is -3.15. The van der Waals surface area contributed by atoms with E-state index in [9.17, 15) is 4.79 Å². The molecular formula is C21H21N5O. The lowest BCUT2D eigenvalue weighted by Crippen LogP contribution is -2.37. The molecule has 3 heterocycles. The van der Waals surface area contributed by atoms with Crippen LogP contribution in [-0.2, 0) is 6.42 Å². The number of rotatable bonds is 3. The zero-order chi connectivity index (χ0) is 18.9. The van der Waals surface area contributed by atoms with Crippen molar-refractivity contribution in [2.24, 2.45) is 5.41 Å². The molecule has 0 aromatic carbocycles. The number of aromatic nitrogens is 4. The Morgan fingerprint density at radius 2 is 1.89 bits per heavy atom. The van der Waals surface area contributed by atoms with Gasteiger partial charge in [0.1, 0.15) is 0 Å². The topological polar surface area (TPSA) is 80.7 Å². The second-order valence-electron chi connectivity index (χ2n) is 7.65. The van der Waals surface area contributed by atoms with Crippen molar-refractivity contribution in [3.63, 3.8) is 0 Å². The molecule has 1 N–H and O–H groups in total. The lowest BCUT2D eigenvalue weighted by atomic mass is 9.74. The second-order valence-corrected chi connectivity index (χ2v) is 7.65. The fourth-order valence-corrected chi connectivity index (χ4v) is 3.55. The highest BCUT2D eigenvalue weighted by molar-refractivity contribution is 5.94. The Labute approximate surface area is 158 Å². The van der Waals surface area contributed by atoms with Crippen LogP contribution in [0.15, 0.2) is 55.2 Å². The van der Waals surface area contributed by atoms with Crippen LogP contribution < -0.4 is 5.32 Å². The van der Waals surface area contributed by atoms with Gasteiger partial charge in [0.05, 0.1) is 17.3 Å². The molecule has 0 bridgehead atoms. The SMILES string of the molecule is CC1(C)Cc2nc(-c3cccnc3)ncc2C(NC(=O)c2cccnc2)C1. The van der Waals surface area contributed by atoms with Crippen molar-refractivity contribution >= 4 is 5.91 Å². The van der Waals surface area contributed by atoms with E-state index in [1.54, 1.807) is 36.9 Å². The molecule has 0 radical (unpaired) electrons. The van der Waals surface area contributed by atoms with E-state index >= 15 is 0 Å². The first kappa shape index (κ1) is 17.3. The summed E-state index contributed by atoms with van der Waals surface area (Å²) in [7, 11) is 0. The maximum absolute atomic E-state index is 12.6. The van der Waals surface area contributed by atoms with Gasteiger partial charge in [-0.2, -0.15) is 0 Å². The molecule has 1 unspecified atom stereocenters. The summed E-state index contributed by atoms with van der Waals surface area (Å²) in [5.74, 6) is 0.532. The first-order valence-corrected chi connectivity index (χ1v) is 8.99. The van der Waals surface area contributed by atoms with Crippen LogP contribution in [0.2, 0.25) is 0 Å². The molecule has 136 valence electrons. The first-order chi connectivity index (χ1) is 13.0. The fourth-order valence-electron chi connectivity index (χ4n) is 3.55. The average Bonchev–Trinajstić information content (AvgIpc) is 2.68. The van der Waals surface area contributed by atoms with Crippen LogP contribution >= 0.6 is 0 Å². The summed E-state index contributed by atoms with van der Waals surface area (Å²) < 4.78 is 0. The highest BCUT2D eigenvalue weighted by Gasteiger charge is 2.34. The molecule has 1 amide bonds. The normalized spacial score (nSPS) is 17.8. The van der Waals surface area contributed by atoms with Crippen molar-refractivity contribution in [3.8, 4) is 11.4 Å². The van der Waals surface area contributed by atoms with Gasteiger partial charge in [-0.1, -0.05) is 13.8 Å². The Morgan fingerprint density at radius 1 is 1.11 bits per heavy atom. The highest BCUT2D eigenvalue weighted by atomic mass is 16.1. The van der Waals surface area contributed by atoms with Crippen molar-refractivity contribution in [2.45, 2.75) is 32.7 Å². The van der Waals surface area contributed by atoms with Crippen LogP contribution in [0.5, 0.6) is 0 Å². The summed E-state index contributed by atoms with van der Waals surface area (Å²) in [5.41, 5.74) is 3.44. The summed E-state index contributed by atoms with van der Waals surface area (Å²) in [5, 5.41) is 3.13. The molecule has 6 nitrogen and oxygen atoms in total. The molecule has 1 atom stereocenters. The van der Waals surface area contributed by atoms with Crippen molar-refractivity contribution < 1.29 is 4.79 Å². The number of carbonyl (C=O) groups excluding carboxylic acids is 1. The van der Waals surface area contributed by atoms with E-state index in [2.05, 4.69) is 34.1 Å². The molecule has 3 aromatic heterocycles. The van der Waals surface area contributed by atoms with E-state index < -0.39 is 0 Å². The van der Waals surface area contributed by atoms with Gasteiger partial charge in [0.15, 0.2) is 5.82 Å². The minimum Gasteiger partial charge on any atom is -0.345 e. The zero-order valence-electron chi connectivity index (χ0n) is 15.4. The monoisotopic (exact) mass is 359 g/mol. The standard InChI is InChI=1S/C21H21N5O/c1-21(2)9-17-16(13-24-19(25-17)14-5-3-7-22-11-14)18(10-21)26-20(27)15-6-4-8-23-12-15/h3-8,11-13,18H,9-10H2,1-2H3,(H,26,27). The second kappa shape index (κ2) is 6.87. The van der Waals surface area contributed by atoms with E-state index in [0.717, 1.165) is 29.7 Å². The number of nitrogens with one attached hydrogen (secondary N) is 1. The molecule has 4 rings (SSSR count). The lowest BCUT2D eigenvalue weighted by molar-refractivity contribution is 0.0918. The summed E-state index contributed by atoms with van der Waals surface area (Å²) in [4.78, 5) is 30.1. The molecular weight excluding hydrogens is 338 g/mol. The summed E-state index contributed by atoms with van der Waals surface area (Å²) in [6.07, 6.45) is 10.2. The van der Waals surface area contributed by atoms with Gasteiger partial charge >= 0.3 is 0 Å². The molecule has 3 aromatic rings. The number of pyridine rings is 2. The van der Waals surface area contributed by atoms with Gasteiger partial charge in [-0.05, 0) is 42.5 Å². The Balaban J connectivity index is 1.66. The van der Waals surface area contributed by atoms with Gasteiger partial charge in [0.2, 0.25) is 0 Å². The fraction of sp³-hybridized carbons (Fsp3) is 0.286. The number of hydrogen-bond donors (Lipinski definition) is 1. The molecule has 6 heteroatoms. The van der Waals surface area contributed by atoms with Crippen molar-refractivity contribution in [1.82, 2.24) is 25.3 Å². The Kier molecular flexibility index (Phi) is 4.39. The zero-order valence-corrected chi connectivity index (χ0v) is 15.4. The van der Waals surface area contributed by atoms with E-state index in [1.807, 2.05) is 18.3 Å². The number of fused-ring (bicyclic) bond motifs is 1. The predicted octanol–water partition coefficient (Wildman–Crippen LogP) is 3.38. The molecule has 1 aliphatic rings. The molecule has 0 fully saturated rings. The number of carbonyl (C=O) groups is 1. The van der Waals surface area contributed by atoms with Crippen LogP contribution in [-0.4, -0.2) is 25.8 Å². The van der Waals surface area contributed by atoms with Gasteiger partial charge < -0.3 is 5.32 Å². The molecule has 0 aliphatic heterocycles.